The maximum atomic E-state index is 12.3. The zero-order valence-corrected chi connectivity index (χ0v) is 14.5. The van der Waals surface area contributed by atoms with Crippen LogP contribution in [0.4, 0.5) is 0 Å². The fourth-order valence-electron chi connectivity index (χ4n) is 2.26. The first-order valence-electron chi connectivity index (χ1n) is 7.05. The largest absolute Gasteiger partial charge is 0.272 e. The summed E-state index contributed by atoms with van der Waals surface area (Å²) in [7, 11) is -3.45. The Labute approximate surface area is 135 Å². The maximum absolute atomic E-state index is 12.3. The van der Waals surface area contributed by atoms with E-state index in [1.54, 1.807) is 17.5 Å². The second-order valence-electron chi connectivity index (χ2n) is 5.34. The lowest BCUT2D eigenvalue weighted by atomic mass is 10.1. The number of sulfonamides is 1. The van der Waals surface area contributed by atoms with Gasteiger partial charge in [-0.15, -0.1) is 11.3 Å². The molecule has 0 radical (unpaired) electrons. The number of hydrogen-bond donors (Lipinski definition) is 0. The minimum atomic E-state index is -3.45. The molecule has 2 aromatic heterocycles. The topological polar surface area (TPSA) is 55.2 Å². The number of thiophene rings is 1. The van der Waals surface area contributed by atoms with Crippen molar-refractivity contribution in [2.75, 3.05) is 6.54 Å². The minimum Gasteiger partial charge on any atom is -0.272 e. The molecule has 1 unspecified atom stereocenters. The van der Waals surface area contributed by atoms with Gasteiger partial charge in [-0.05, 0) is 35.9 Å². The van der Waals surface area contributed by atoms with Crippen LogP contribution >= 0.6 is 11.3 Å². The molecule has 0 saturated heterocycles. The molecule has 0 bridgehead atoms. The molecule has 0 fully saturated rings. The summed E-state index contributed by atoms with van der Waals surface area (Å²) in [5.74, 6) is 0.147. The van der Waals surface area contributed by atoms with Gasteiger partial charge in [0, 0.05) is 42.3 Å². The predicted molar refractivity (Wildman–Crippen MR) is 90.0 cm³/mol. The van der Waals surface area contributed by atoms with Crippen LogP contribution in [0.15, 0.2) is 41.9 Å². The van der Waals surface area contributed by atoms with Crippen LogP contribution in [0.5, 0.6) is 0 Å². The van der Waals surface area contributed by atoms with Crippen molar-refractivity contribution in [1.29, 1.82) is 0 Å². The van der Waals surface area contributed by atoms with E-state index in [1.165, 1.54) is 4.31 Å². The Balaban J connectivity index is 2.11. The Hall–Kier alpha value is -1.44. The molecule has 120 valence electrons. The lowest BCUT2D eigenvalue weighted by Gasteiger charge is -2.24. The van der Waals surface area contributed by atoms with Crippen molar-refractivity contribution in [3.05, 3.63) is 52.3 Å². The van der Waals surface area contributed by atoms with Crippen LogP contribution in [0, 0.1) is 12.8 Å². The van der Waals surface area contributed by atoms with Crippen LogP contribution in [0.1, 0.15) is 17.4 Å². The van der Waals surface area contributed by atoms with Gasteiger partial charge in [0.25, 0.3) is 0 Å². The molecule has 22 heavy (non-hydrogen) atoms. The van der Waals surface area contributed by atoms with Gasteiger partial charge in [0.1, 0.15) is 0 Å². The van der Waals surface area contributed by atoms with Gasteiger partial charge in [-0.2, -0.15) is 9.40 Å². The summed E-state index contributed by atoms with van der Waals surface area (Å²) >= 11 is 1.63. The molecular formula is C15H21N3O2S2. The highest BCUT2D eigenvalue weighted by Crippen LogP contribution is 2.20. The summed E-state index contributed by atoms with van der Waals surface area (Å²) in [6, 6.07) is 3.84. The first-order valence-corrected chi connectivity index (χ1v) is 9.43. The molecule has 0 N–H and O–H groups in total. The summed E-state index contributed by atoms with van der Waals surface area (Å²) in [5.41, 5.74) is 1.04. The lowest BCUT2D eigenvalue weighted by Crippen LogP contribution is -2.34. The van der Waals surface area contributed by atoms with Crippen molar-refractivity contribution < 1.29 is 8.42 Å². The van der Waals surface area contributed by atoms with E-state index in [-0.39, 0.29) is 5.92 Å². The van der Waals surface area contributed by atoms with Gasteiger partial charge in [-0.3, -0.25) is 4.68 Å². The maximum Gasteiger partial charge on any atom is 0.235 e. The van der Waals surface area contributed by atoms with E-state index in [0.717, 1.165) is 15.8 Å². The highest BCUT2D eigenvalue weighted by atomic mass is 32.2. The lowest BCUT2D eigenvalue weighted by molar-refractivity contribution is 0.322. The molecule has 0 saturated carbocycles. The van der Waals surface area contributed by atoms with Gasteiger partial charge in [0.05, 0.1) is 0 Å². The zero-order chi connectivity index (χ0) is 16.2. The van der Waals surface area contributed by atoms with Gasteiger partial charge in [-0.25, -0.2) is 8.42 Å². The third-order valence-electron chi connectivity index (χ3n) is 3.46. The Kier molecular flexibility index (Phi) is 5.55. The fourth-order valence-corrected chi connectivity index (χ4v) is 3.97. The molecule has 2 rings (SSSR count). The van der Waals surface area contributed by atoms with Gasteiger partial charge < -0.3 is 0 Å². The van der Waals surface area contributed by atoms with Crippen molar-refractivity contribution in [1.82, 2.24) is 14.1 Å². The molecule has 0 aromatic carbocycles. The van der Waals surface area contributed by atoms with Crippen LogP contribution < -0.4 is 0 Å². The number of hydrogen-bond acceptors (Lipinski definition) is 4. The fraction of sp³-hybridized carbons (Fsp3) is 0.400. The summed E-state index contributed by atoms with van der Waals surface area (Å²) in [4.78, 5) is 1.14. The molecule has 2 aromatic rings. The Morgan fingerprint density at radius 3 is 2.86 bits per heavy atom. The molecule has 0 amide bonds. The smallest absolute Gasteiger partial charge is 0.235 e. The average molecular weight is 339 g/mol. The quantitative estimate of drug-likeness (QED) is 0.743. The average Bonchev–Trinajstić information content (AvgIpc) is 3.10. The molecule has 0 spiro atoms. The van der Waals surface area contributed by atoms with Gasteiger partial charge in [0.15, 0.2) is 0 Å². The number of aryl methyl sites for hydroxylation is 1. The molecule has 7 heteroatoms. The van der Waals surface area contributed by atoms with E-state index >= 15 is 0 Å². The Morgan fingerprint density at radius 2 is 2.32 bits per heavy atom. The van der Waals surface area contributed by atoms with E-state index in [1.807, 2.05) is 42.2 Å². The summed E-state index contributed by atoms with van der Waals surface area (Å²) in [6.45, 7) is 8.97. The van der Waals surface area contributed by atoms with Crippen LogP contribution in [-0.2, 0) is 23.1 Å². The van der Waals surface area contributed by atoms with Gasteiger partial charge >= 0.3 is 0 Å². The van der Waals surface area contributed by atoms with E-state index in [4.69, 9.17) is 0 Å². The monoisotopic (exact) mass is 339 g/mol. The summed E-state index contributed by atoms with van der Waals surface area (Å²) < 4.78 is 27.8. The normalized spacial score (nSPS) is 13.4. The molecule has 0 aliphatic heterocycles. The zero-order valence-electron chi connectivity index (χ0n) is 12.8. The molecule has 2 heterocycles. The van der Waals surface area contributed by atoms with E-state index < -0.39 is 10.0 Å². The van der Waals surface area contributed by atoms with Crippen LogP contribution in [0.3, 0.4) is 0 Å². The number of aromatic nitrogens is 2. The number of rotatable bonds is 8. The molecule has 5 nitrogen and oxygen atoms in total. The minimum absolute atomic E-state index is 0.147. The van der Waals surface area contributed by atoms with Crippen molar-refractivity contribution in [2.24, 2.45) is 5.92 Å². The standard InChI is InChI=1S/C15H21N3O2S2/c1-4-22(19,20)18(12-15-6-9-21-14(15)3)11-13(2)10-17-8-5-7-16-17/h4-9,13H,1,10-12H2,2-3H3. The third kappa shape index (κ3) is 4.28. The van der Waals surface area contributed by atoms with Gasteiger partial charge in [-0.1, -0.05) is 13.5 Å². The van der Waals surface area contributed by atoms with E-state index in [2.05, 4.69) is 11.7 Å². The van der Waals surface area contributed by atoms with Crippen LogP contribution in [0.25, 0.3) is 0 Å². The summed E-state index contributed by atoms with van der Waals surface area (Å²) in [6.07, 6.45) is 3.60. The highest BCUT2D eigenvalue weighted by Gasteiger charge is 2.22. The number of nitrogens with zero attached hydrogens (tertiary/aromatic N) is 3. The Bertz CT molecular complexity index is 705. The highest BCUT2D eigenvalue weighted by molar-refractivity contribution is 7.91. The SMILES string of the molecule is C=CS(=O)(=O)N(Cc1ccsc1C)CC(C)Cn1cccn1. The van der Waals surface area contributed by atoms with E-state index in [0.29, 0.717) is 19.6 Å². The Morgan fingerprint density at radius 1 is 1.55 bits per heavy atom. The molecule has 0 aliphatic rings. The second kappa shape index (κ2) is 7.21. The van der Waals surface area contributed by atoms with Crippen molar-refractivity contribution in [3.63, 3.8) is 0 Å². The van der Waals surface area contributed by atoms with Crippen molar-refractivity contribution in [2.45, 2.75) is 26.9 Å². The third-order valence-corrected chi connectivity index (χ3v) is 5.76. The molecule has 1 atom stereocenters. The first kappa shape index (κ1) is 16.9. The first-order chi connectivity index (χ1) is 10.4. The van der Waals surface area contributed by atoms with E-state index in [9.17, 15) is 8.42 Å². The van der Waals surface area contributed by atoms with Crippen LogP contribution in [0.2, 0.25) is 0 Å². The van der Waals surface area contributed by atoms with Crippen LogP contribution in [-0.4, -0.2) is 29.0 Å². The molecular weight excluding hydrogens is 318 g/mol. The predicted octanol–water partition coefficient (Wildman–Crippen LogP) is 2.86. The summed E-state index contributed by atoms with van der Waals surface area (Å²) in [5, 5.41) is 7.17. The van der Waals surface area contributed by atoms with Crippen molar-refractivity contribution >= 4 is 21.4 Å². The van der Waals surface area contributed by atoms with Gasteiger partial charge in [0.2, 0.25) is 10.0 Å². The second-order valence-corrected chi connectivity index (χ2v) is 8.34. The molecule has 0 aliphatic carbocycles. The van der Waals surface area contributed by atoms with Crippen molar-refractivity contribution in [3.8, 4) is 0 Å².